The third kappa shape index (κ3) is 5.10. The van der Waals surface area contributed by atoms with E-state index >= 15 is 0 Å². The Bertz CT molecular complexity index is 1060. The average Bonchev–Trinajstić information content (AvgIpc) is 2.76. The zero-order chi connectivity index (χ0) is 20.6. The molecule has 0 aliphatic heterocycles. The molecule has 1 amide bonds. The quantitative estimate of drug-likeness (QED) is 0.490. The molecule has 0 aliphatic rings. The van der Waals surface area contributed by atoms with Crippen molar-refractivity contribution in [2.24, 2.45) is 0 Å². The minimum absolute atomic E-state index is 0.424. The molecular formula is C22H20N2O5. The van der Waals surface area contributed by atoms with Crippen LogP contribution < -0.4 is 14.8 Å². The Morgan fingerprint density at radius 1 is 1.07 bits per heavy atom. The highest BCUT2D eigenvalue weighted by Gasteiger charge is 2.10. The van der Waals surface area contributed by atoms with Gasteiger partial charge in [0.25, 0.3) is 5.91 Å². The number of amides is 1. The summed E-state index contributed by atoms with van der Waals surface area (Å²) in [7, 11) is 3.02. The maximum Gasteiger partial charge on any atom is 0.331 e. The van der Waals surface area contributed by atoms with Crippen molar-refractivity contribution >= 4 is 34.5 Å². The van der Waals surface area contributed by atoms with E-state index < -0.39 is 18.5 Å². The van der Waals surface area contributed by atoms with Crippen LogP contribution in [0.1, 0.15) is 5.56 Å². The zero-order valence-corrected chi connectivity index (χ0v) is 16.0. The summed E-state index contributed by atoms with van der Waals surface area (Å²) < 4.78 is 15.3. The maximum atomic E-state index is 12.1. The van der Waals surface area contributed by atoms with Gasteiger partial charge in [0.15, 0.2) is 6.61 Å². The molecule has 3 rings (SSSR count). The Hall–Kier alpha value is -3.87. The van der Waals surface area contributed by atoms with Gasteiger partial charge in [-0.05, 0) is 24.3 Å². The van der Waals surface area contributed by atoms with Crippen LogP contribution in [-0.4, -0.2) is 37.7 Å². The molecule has 0 aliphatic carbocycles. The Balaban J connectivity index is 1.58. The summed E-state index contributed by atoms with van der Waals surface area (Å²) in [6.45, 7) is -0.424. The molecule has 2 aromatic carbocycles. The first-order valence-corrected chi connectivity index (χ1v) is 8.81. The molecule has 29 heavy (non-hydrogen) atoms. The number of hydrogen-bond acceptors (Lipinski definition) is 6. The lowest BCUT2D eigenvalue weighted by Crippen LogP contribution is -2.20. The minimum atomic E-state index is -0.630. The predicted octanol–water partition coefficient (Wildman–Crippen LogP) is 3.45. The zero-order valence-electron chi connectivity index (χ0n) is 16.0. The maximum absolute atomic E-state index is 12.1. The summed E-state index contributed by atoms with van der Waals surface area (Å²) in [5.74, 6) is -0.0801. The molecule has 148 valence electrons. The first-order valence-electron chi connectivity index (χ1n) is 8.81. The second kappa shape index (κ2) is 9.36. The van der Waals surface area contributed by atoms with Crippen LogP contribution >= 0.6 is 0 Å². The van der Waals surface area contributed by atoms with Crippen LogP contribution in [0.3, 0.4) is 0 Å². The highest BCUT2D eigenvalue weighted by atomic mass is 16.5. The molecule has 3 aromatic rings. The van der Waals surface area contributed by atoms with Gasteiger partial charge in [-0.2, -0.15) is 0 Å². The van der Waals surface area contributed by atoms with Gasteiger partial charge in [0, 0.05) is 29.3 Å². The summed E-state index contributed by atoms with van der Waals surface area (Å²) in [4.78, 5) is 28.4. The van der Waals surface area contributed by atoms with Crippen LogP contribution in [0.2, 0.25) is 0 Å². The summed E-state index contributed by atoms with van der Waals surface area (Å²) in [5, 5.41) is 3.60. The van der Waals surface area contributed by atoms with Crippen LogP contribution in [0, 0.1) is 0 Å². The molecule has 0 saturated carbocycles. The van der Waals surface area contributed by atoms with Crippen molar-refractivity contribution in [3.63, 3.8) is 0 Å². The van der Waals surface area contributed by atoms with Gasteiger partial charge in [-0.15, -0.1) is 0 Å². The molecule has 0 radical (unpaired) electrons. The van der Waals surface area contributed by atoms with Crippen molar-refractivity contribution in [1.82, 2.24) is 4.98 Å². The summed E-state index contributed by atoms with van der Waals surface area (Å²) >= 11 is 0. The fourth-order valence-corrected chi connectivity index (χ4v) is 2.69. The lowest BCUT2D eigenvalue weighted by molar-refractivity contribution is -0.142. The number of hydrogen-bond donors (Lipinski definition) is 1. The number of rotatable bonds is 7. The number of para-hydroxylation sites is 1. The number of carbonyl (C=O) groups is 2. The topological polar surface area (TPSA) is 86.8 Å². The van der Waals surface area contributed by atoms with Crippen LogP contribution in [0.15, 0.2) is 60.8 Å². The lowest BCUT2D eigenvalue weighted by atomic mass is 10.1. The number of benzene rings is 2. The predicted molar refractivity (Wildman–Crippen MR) is 110 cm³/mol. The molecule has 0 fully saturated rings. The standard InChI is InChI=1S/C22H20N2O5/c1-27-17-9-10-18(19(13-17)28-2)24-20(25)14-29-21(26)11-8-16-6-3-5-15-7-4-12-23-22(15)16/h3-13H,14H2,1-2H3,(H,24,25)/b11-8+. The number of anilines is 1. The van der Waals surface area contributed by atoms with E-state index in [1.54, 1.807) is 30.5 Å². The van der Waals surface area contributed by atoms with Crippen molar-refractivity contribution in [2.75, 3.05) is 26.1 Å². The normalized spacial score (nSPS) is 10.7. The fourth-order valence-electron chi connectivity index (χ4n) is 2.69. The van der Waals surface area contributed by atoms with Crippen LogP contribution in [0.25, 0.3) is 17.0 Å². The molecule has 0 atom stereocenters. The third-order valence-corrected chi connectivity index (χ3v) is 4.09. The largest absolute Gasteiger partial charge is 0.497 e. The molecule has 1 heterocycles. The number of fused-ring (bicyclic) bond motifs is 1. The minimum Gasteiger partial charge on any atom is -0.497 e. The monoisotopic (exact) mass is 392 g/mol. The number of aromatic nitrogens is 1. The van der Waals surface area contributed by atoms with Crippen molar-refractivity contribution < 1.29 is 23.8 Å². The van der Waals surface area contributed by atoms with E-state index in [-0.39, 0.29) is 0 Å². The van der Waals surface area contributed by atoms with Gasteiger partial charge < -0.3 is 19.5 Å². The van der Waals surface area contributed by atoms with Crippen molar-refractivity contribution in [1.29, 1.82) is 0 Å². The van der Waals surface area contributed by atoms with Crippen molar-refractivity contribution in [2.45, 2.75) is 0 Å². The average molecular weight is 392 g/mol. The Morgan fingerprint density at radius 3 is 2.69 bits per heavy atom. The van der Waals surface area contributed by atoms with Crippen molar-refractivity contribution in [3.05, 3.63) is 66.4 Å². The first kappa shape index (κ1) is 19.9. The van der Waals surface area contributed by atoms with Gasteiger partial charge in [0.05, 0.1) is 25.4 Å². The SMILES string of the molecule is COc1ccc(NC(=O)COC(=O)/C=C/c2cccc3cccnc23)c(OC)c1. The number of esters is 1. The fraction of sp³-hybridized carbons (Fsp3) is 0.136. The van der Waals surface area contributed by atoms with E-state index in [9.17, 15) is 9.59 Å². The van der Waals surface area contributed by atoms with Gasteiger partial charge in [0.1, 0.15) is 11.5 Å². The molecule has 1 N–H and O–H groups in total. The highest BCUT2D eigenvalue weighted by molar-refractivity contribution is 5.96. The van der Waals surface area contributed by atoms with Gasteiger partial charge in [-0.25, -0.2) is 4.79 Å². The number of ether oxygens (including phenoxy) is 3. The second-order valence-corrected chi connectivity index (χ2v) is 5.98. The Labute approximate surface area is 167 Å². The van der Waals surface area contributed by atoms with Crippen molar-refractivity contribution in [3.8, 4) is 11.5 Å². The summed E-state index contributed by atoms with van der Waals surface area (Å²) in [5.41, 5.74) is 2.02. The molecule has 7 nitrogen and oxygen atoms in total. The van der Waals surface area contributed by atoms with E-state index in [2.05, 4.69) is 10.3 Å². The molecule has 0 spiro atoms. The summed E-state index contributed by atoms with van der Waals surface area (Å²) in [6.07, 6.45) is 4.57. The summed E-state index contributed by atoms with van der Waals surface area (Å²) in [6, 6.07) is 14.4. The van der Waals surface area contributed by atoms with Crippen LogP contribution in [0.5, 0.6) is 11.5 Å². The van der Waals surface area contributed by atoms with Gasteiger partial charge in [-0.1, -0.05) is 24.3 Å². The Morgan fingerprint density at radius 2 is 1.90 bits per heavy atom. The van der Waals surface area contributed by atoms with E-state index in [0.717, 1.165) is 16.5 Å². The number of pyridine rings is 1. The Kier molecular flexibility index (Phi) is 6.42. The van der Waals surface area contributed by atoms with Crippen LogP contribution in [0.4, 0.5) is 5.69 Å². The third-order valence-electron chi connectivity index (χ3n) is 4.09. The lowest BCUT2D eigenvalue weighted by Gasteiger charge is -2.11. The number of carbonyl (C=O) groups excluding carboxylic acids is 2. The number of nitrogens with zero attached hydrogens (tertiary/aromatic N) is 1. The molecular weight excluding hydrogens is 372 g/mol. The number of nitrogens with one attached hydrogen (secondary N) is 1. The van der Waals surface area contributed by atoms with Gasteiger partial charge >= 0.3 is 5.97 Å². The smallest absolute Gasteiger partial charge is 0.331 e. The second-order valence-electron chi connectivity index (χ2n) is 5.98. The van der Waals surface area contributed by atoms with Gasteiger partial charge in [-0.3, -0.25) is 9.78 Å². The van der Waals surface area contributed by atoms with E-state index in [1.165, 1.54) is 20.3 Å². The molecule has 0 saturated heterocycles. The molecule has 7 heteroatoms. The number of methoxy groups -OCH3 is 2. The van der Waals surface area contributed by atoms with Crippen LogP contribution in [-0.2, 0) is 14.3 Å². The first-order chi connectivity index (χ1) is 14.1. The van der Waals surface area contributed by atoms with E-state index in [1.807, 2.05) is 30.3 Å². The highest BCUT2D eigenvalue weighted by Crippen LogP contribution is 2.28. The van der Waals surface area contributed by atoms with E-state index in [0.29, 0.717) is 17.2 Å². The van der Waals surface area contributed by atoms with Gasteiger partial charge in [0.2, 0.25) is 0 Å². The molecule has 0 unspecified atom stereocenters. The molecule has 1 aromatic heterocycles. The van der Waals surface area contributed by atoms with E-state index in [4.69, 9.17) is 14.2 Å². The molecule has 0 bridgehead atoms.